The minimum absolute atomic E-state index is 0.00419. The molecule has 0 unspecified atom stereocenters. The minimum Gasteiger partial charge on any atom is -0.497 e. The Morgan fingerprint density at radius 3 is 1.22 bits per heavy atom. The fourth-order valence-corrected chi connectivity index (χ4v) is 16.7. The molecule has 6 heterocycles. The van der Waals surface area contributed by atoms with Crippen LogP contribution in [0, 0.1) is 17.0 Å². The number of fused-ring (bicyclic) bond motifs is 3. The molecule has 5 aromatic heterocycles. The lowest BCUT2D eigenvalue weighted by Gasteiger charge is -2.14. The number of hydrogen-bond acceptors (Lipinski definition) is 30. The van der Waals surface area contributed by atoms with Crippen molar-refractivity contribution in [2.45, 2.75) is 68.8 Å². The topological polar surface area (TPSA) is 573 Å². The zero-order chi connectivity index (χ0) is 106. The first-order valence-electron chi connectivity index (χ1n) is 43.5. The predicted octanol–water partition coefficient (Wildman–Crippen LogP) is 8.41. The van der Waals surface area contributed by atoms with Gasteiger partial charge in [0.15, 0.2) is 11.3 Å². The smallest absolute Gasteiger partial charge is 0.412 e. The van der Waals surface area contributed by atoms with Crippen molar-refractivity contribution in [2.75, 3.05) is 74.6 Å². The standard InChI is InChI=1S/C17H15NO4S.C16H16O4S.C15H15N5O3.C15H15NO5S.C14H13N5O2.C12H11N5O5.C10H12N2O2/c1-12-2-6-14(7-3-12)23(21,22)15-8-4-13(5-9-15)18-16(19)10-11-17(18)20;1-3-12-20-14-6-10-16(11-7-14)21(17,18)15-8-4-13(19-2)5-9-15;1-16-13(21)8-19-9-17-14-12(15(19)22)7-18-20(14)10-3-5-11(23-2)6-4-10;1-16-15(17)21-12-5-9-14(10-6-12)22(18,19)13-7-3-11(20-2)4-8-13;1-15-12(20)8-18-9-16-13-11(14(18)21)7-17-19(13)10-5-3-2-4-6-10;1-13-12(20)15-10(18)5-16-6-14-9-4-7(17(21)22)2-3-8(9)11(16)19;1-11-9(13)7-12-10(14)8-5-3-2-4-6-8/h2-9H,10-11H2,1H3;3-11H,1,12H2,2H3;3-7,9H,8H2,1-2H3,(H,16,21);3-10H,1-2H3,(H,16,17);2-7,9H,8H2,1H3,(H,15,20);2-4,6H,5H2,1H3,(H2,13,15,18,20);2-6H,7H2,1H3,(H,11,13)(H,12,14). The lowest BCUT2D eigenvalue weighted by molar-refractivity contribution is -0.384. The average molecular weight is 2050 g/mol. The van der Waals surface area contributed by atoms with E-state index in [0.717, 1.165) is 38.5 Å². The summed E-state index contributed by atoms with van der Waals surface area (Å²) in [6.45, 7) is 5.29. The number of benzene rings is 10. The van der Waals surface area contributed by atoms with E-state index in [1.807, 2.05) is 60.8 Å². The van der Waals surface area contributed by atoms with Gasteiger partial charge in [-0.1, -0.05) is 66.7 Å². The van der Waals surface area contributed by atoms with Crippen molar-refractivity contribution in [2.24, 2.45) is 0 Å². The number of carbonyl (C=O) groups excluding carboxylic acids is 9. The number of rotatable bonds is 26. The van der Waals surface area contributed by atoms with E-state index >= 15 is 0 Å². The Balaban J connectivity index is 0.000000175. The molecule has 1 saturated heterocycles. The van der Waals surface area contributed by atoms with Crippen molar-refractivity contribution in [3.8, 4) is 40.1 Å². The van der Waals surface area contributed by atoms with Crippen LogP contribution in [-0.2, 0) is 77.9 Å². The molecule has 756 valence electrons. The van der Waals surface area contributed by atoms with Gasteiger partial charge in [-0.25, -0.2) is 59.2 Å². The highest BCUT2D eigenvalue weighted by molar-refractivity contribution is 7.92. The molecule has 0 aliphatic carbocycles. The second-order valence-electron chi connectivity index (χ2n) is 30.3. The van der Waals surface area contributed by atoms with Gasteiger partial charge in [0.1, 0.15) is 78.4 Å². The second kappa shape index (κ2) is 51.6. The van der Waals surface area contributed by atoms with Gasteiger partial charge in [0, 0.05) is 65.8 Å². The minimum atomic E-state index is -3.63. The quantitative estimate of drug-likeness (QED) is 0.0116. The van der Waals surface area contributed by atoms with Crippen LogP contribution in [0.5, 0.6) is 28.7 Å². The van der Waals surface area contributed by atoms with E-state index in [0.29, 0.717) is 57.2 Å². The zero-order valence-corrected chi connectivity index (χ0v) is 82.0. The number of para-hydroxylation sites is 1. The van der Waals surface area contributed by atoms with Crippen LogP contribution in [0.3, 0.4) is 0 Å². The summed E-state index contributed by atoms with van der Waals surface area (Å²) in [7, 11) is 1.21. The number of amides is 10. The number of urea groups is 1. The normalized spacial score (nSPS) is 11.3. The van der Waals surface area contributed by atoms with Gasteiger partial charge in [0.2, 0.25) is 65.0 Å². The molecular formula is C99H97N19O25S3. The van der Waals surface area contributed by atoms with Crippen LogP contribution in [0.15, 0.2) is 337 Å². The third kappa shape index (κ3) is 28.9. The van der Waals surface area contributed by atoms with Gasteiger partial charge in [-0.05, 0) is 195 Å². The van der Waals surface area contributed by atoms with E-state index in [-0.39, 0.29) is 131 Å². The first-order valence-corrected chi connectivity index (χ1v) is 47.9. The molecular weight excluding hydrogens is 1950 g/mol. The van der Waals surface area contributed by atoms with Gasteiger partial charge in [-0.3, -0.25) is 82.0 Å². The van der Waals surface area contributed by atoms with Gasteiger partial charge in [0.25, 0.3) is 28.3 Å². The third-order valence-electron chi connectivity index (χ3n) is 20.7. The molecule has 10 amide bonds. The Bertz CT molecular complexity index is 7780. The molecule has 1 aliphatic heterocycles. The first kappa shape index (κ1) is 109. The number of imide groups is 2. The largest absolute Gasteiger partial charge is 0.497 e. The Morgan fingerprint density at radius 2 is 0.808 bits per heavy atom. The summed E-state index contributed by atoms with van der Waals surface area (Å²) >= 11 is 0. The molecule has 1 aliphatic rings. The number of aromatic nitrogens is 10. The molecule has 10 aromatic carbocycles. The van der Waals surface area contributed by atoms with Crippen LogP contribution in [0.2, 0.25) is 0 Å². The van der Waals surface area contributed by atoms with Crippen LogP contribution >= 0.6 is 0 Å². The van der Waals surface area contributed by atoms with Gasteiger partial charge in [0.05, 0.1) is 109 Å². The summed E-state index contributed by atoms with van der Waals surface area (Å²) in [5.74, 6) is 0.587. The van der Waals surface area contributed by atoms with E-state index in [2.05, 4.69) is 63.6 Å². The molecule has 0 radical (unpaired) electrons. The number of ether oxygens (including phenoxy) is 5. The van der Waals surface area contributed by atoms with E-state index < -0.39 is 64.6 Å². The Morgan fingerprint density at radius 1 is 0.432 bits per heavy atom. The molecule has 16 rings (SSSR count). The summed E-state index contributed by atoms with van der Waals surface area (Å²) < 4.78 is 107. The van der Waals surface area contributed by atoms with Crippen LogP contribution in [0.1, 0.15) is 28.8 Å². The number of nitro groups is 1. The van der Waals surface area contributed by atoms with Gasteiger partial charge >= 0.3 is 12.1 Å². The number of carbonyl (C=O) groups is 9. The highest BCUT2D eigenvalue weighted by Gasteiger charge is 2.31. The fourth-order valence-electron chi connectivity index (χ4n) is 12.9. The highest BCUT2D eigenvalue weighted by atomic mass is 32.2. The molecule has 7 N–H and O–H groups in total. The van der Waals surface area contributed by atoms with Gasteiger partial charge < -0.3 is 55.6 Å². The second-order valence-corrected chi connectivity index (χ2v) is 36.1. The van der Waals surface area contributed by atoms with E-state index in [1.54, 1.807) is 120 Å². The van der Waals surface area contributed by atoms with Crippen LogP contribution in [0.25, 0.3) is 44.3 Å². The maximum absolute atomic E-state index is 12.6. The number of sulfone groups is 3. The van der Waals surface area contributed by atoms with E-state index in [9.17, 15) is 92.9 Å². The first-order chi connectivity index (χ1) is 69.9. The van der Waals surface area contributed by atoms with Crippen LogP contribution in [-0.4, -0.2) is 202 Å². The molecule has 0 atom stereocenters. The maximum Gasteiger partial charge on any atom is 0.412 e. The summed E-state index contributed by atoms with van der Waals surface area (Å²) in [6.07, 6.45) is 8.13. The Kier molecular flexibility index (Phi) is 38.7. The monoisotopic (exact) mass is 2050 g/mol. The summed E-state index contributed by atoms with van der Waals surface area (Å²) in [5, 5.41) is 36.4. The molecule has 15 aromatic rings. The SMILES string of the molecule is C=CCOc1ccc(S(=O)(=O)c2ccc(OC)cc2)cc1.CNC(=O)CNC(=O)c1ccccc1.CNC(=O)Cn1cnc2c(cnn2-c2ccc(OC)cc2)c1=O.CNC(=O)Cn1cnc2c(cnn2-c2ccccc2)c1=O.CNC(=O)NC(=O)Cn1cnc2cc([N+](=O)[O-])ccc2c1=O.CNC(=O)Oc1ccc(S(=O)(=O)c2ccc(OC)cc2)cc1.Cc1ccc(S(=O)(=O)c2ccc(N3C(=O)CCC3=O)cc2)cc1. The Hall–Kier alpha value is -18.5. The Labute approximate surface area is 833 Å². The number of nitro benzene ring substituents is 1. The number of aryl methyl sites for hydroxylation is 1. The maximum atomic E-state index is 12.6. The van der Waals surface area contributed by atoms with Crippen molar-refractivity contribution in [1.29, 1.82) is 0 Å². The molecule has 47 heteroatoms. The summed E-state index contributed by atoms with van der Waals surface area (Å²) in [4.78, 5) is 164. The van der Waals surface area contributed by atoms with E-state index in [1.165, 1.54) is 187 Å². The van der Waals surface area contributed by atoms with Gasteiger partial charge in [-0.15, -0.1) is 0 Å². The highest BCUT2D eigenvalue weighted by Crippen LogP contribution is 2.31. The lowest BCUT2D eigenvalue weighted by atomic mass is 10.2. The molecule has 44 nitrogen and oxygen atoms in total. The molecule has 1 fully saturated rings. The summed E-state index contributed by atoms with van der Waals surface area (Å²) in [5.41, 5.74) is 3.27. The molecule has 146 heavy (non-hydrogen) atoms. The number of anilines is 1. The number of hydrogen-bond donors (Lipinski definition) is 7. The fraction of sp³-hybridized carbons (Fsp3) is 0.162. The third-order valence-corrected chi connectivity index (χ3v) is 26.1. The molecule has 0 spiro atoms. The number of methoxy groups -OCH3 is 3. The van der Waals surface area contributed by atoms with E-state index in [4.69, 9.17) is 23.7 Å². The average Bonchev–Trinajstić information content (AvgIpc) is 1.63. The predicted molar refractivity (Wildman–Crippen MR) is 534 cm³/mol. The molecule has 0 saturated carbocycles. The zero-order valence-electron chi connectivity index (χ0n) is 79.6. The van der Waals surface area contributed by atoms with Crippen molar-refractivity contribution in [3.05, 3.63) is 345 Å². The van der Waals surface area contributed by atoms with Crippen molar-refractivity contribution < 1.29 is 97.0 Å². The summed E-state index contributed by atoms with van der Waals surface area (Å²) in [6, 6.07) is 65.1. The van der Waals surface area contributed by atoms with Crippen LogP contribution in [0.4, 0.5) is 21.0 Å². The number of non-ortho nitro benzene ring substituents is 1. The van der Waals surface area contributed by atoms with Crippen LogP contribution < -0.4 is 82.5 Å². The number of nitrogens with one attached hydrogen (secondary N) is 7. The number of nitrogens with zero attached hydrogens (tertiary/aromatic N) is 12. The molecule has 0 bridgehead atoms. The van der Waals surface area contributed by atoms with Crippen molar-refractivity contribution >= 4 is 127 Å². The van der Waals surface area contributed by atoms with Crippen molar-refractivity contribution in [3.63, 3.8) is 0 Å². The van der Waals surface area contributed by atoms with Gasteiger partial charge in [-0.2, -0.15) is 10.2 Å². The number of likely N-dealkylation sites (N-methyl/N-ethyl adjacent to an activating group) is 3. The lowest BCUT2D eigenvalue weighted by Crippen LogP contribution is -2.40. The van der Waals surface area contributed by atoms with Crippen molar-refractivity contribution in [1.82, 2.24) is 85.4 Å².